The zero-order valence-corrected chi connectivity index (χ0v) is 12.1. The minimum atomic E-state index is 0.378. The van der Waals surface area contributed by atoms with E-state index < -0.39 is 0 Å². The van der Waals surface area contributed by atoms with Gasteiger partial charge >= 0.3 is 0 Å². The molecule has 5 heteroatoms. The van der Waals surface area contributed by atoms with E-state index in [2.05, 4.69) is 22.4 Å². The molecule has 20 heavy (non-hydrogen) atoms. The molecule has 0 radical (unpaired) electrons. The van der Waals surface area contributed by atoms with Crippen LogP contribution in [0.5, 0.6) is 0 Å². The van der Waals surface area contributed by atoms with Gasteiger partial charge in [-0.15, -0.1) is 5.10 Å². The van der Waals surface area contributed by atoms with Crippen LogP contribution < -0.4 is 5.73 Å². The molecule has 1 aliphatic rings. The first kappa shape index (κ1) is 13.1. The van der Waals surface area contributed by atoms with Crippen LogP contribution in [0.2, 0.25) is 0 Å². The van der Waals surface area contributed by atoms with Gasteiger partial charge < -0.3 is 5.73 Å². The first-order valence-corrected chi connectivity index (χ1v) is 7.27. The smallest absolute Gasteiger partial charge is 0.184 e. The summed E-state index contributed by atoms with van der Waals surface area (Å²) in [5.74, 6) is 0.783. The Labute approximate surface area is 119 Å². The predicted molar refractivity (Wildman–Crippen MR) is 79.0 cm³/mol. The third-order valence-corrected chi connectivity index (χ3v) is 4.75. The Balaban J connectivity index is 1.96. The van der Waals surface area contributed by atoms with E-state index >= 15 is 0 Å². The fourth-order valence-corrected chi connectivity index (χ4v) is 3.00. The summed E-state index contributed by atoms with van der Waals surface area (Å²) in [5, 5.41) is 12.2. The van der Waals surface area contributed by atoms with Crippen LogP contribution in [0.15, 0.2) is 18.2 Å². The molecule has 1 aliphatic carbocycles. The number of aromatic nitrogens is 4. The zero-order chi connectivity index (χ0) is 14.2. The molecule has 1 fully saturated rings. The van der Waals surface area contributed by atoms with Crippen molar-refractivity contribution < 1.29 is 0 Å². The number of anilines is 1. The lowest BCUT2D eigenvalue weighted by Crippen LogP contribution is -2.34. The standard InChI is InChI=1S/C15H21N5/c1-3-15(8-5-9-15)10-20-14(17-18-19-20)12-7-4-6-11(2)13(12)16/h4,6-7H,3,5,8-10,16H2,1-2H3. The monoisotopic (exact) mass is 271 g/mol. The maximum absolute atomic E-state index is 6.18. The van der Waals surface area contributed by atoms with Crippen LogP contribution in [-0.2, 0) is 6.54 Å². The van der Waals surface area contributed by atoms with Crippen molar-refractivity contribution in [2.75, 3.05) is 5.73 Å². The molecule has 5 nitrogen and oxygen atoms in total. The Morgan fingerprint density at radius 3 is 2.80 bits per heavy atom. The van der Waals surface area contributed by atoms with Gasteiger partial charge in [-0.25, -0.2) is 4.68 Å². The second-order valence-electron chi connectivity index (χ2n) is 5.90. The number of hydrogen-bond donors (Lipinski definition) is 1. The van der Waals surface area contributed by atoms with Gasteiger partial charge in [0.05, 0.1) is 6.54 Å². The number of rotatable bonds is 4. The van der Waals surface area contributed by atoms with Crippen molar-refractivity contribution in [2.45, 2.75) is 46.1 Å². The molecule has 0 unspecified atom stereocenters. The van der Waals surface area contributed by atoms with E-state index in [1.807, 2.05) is 29.8 Å². The van der Waals surface area contributed by atoms with E-state index in [0.717, 1.165) is 29.2 Å². The highest BCUT2D eigenvalue weighted by Crippen LogP contribution is 2.45. The summed E-state index contributed by atoms with van der Waals surface area (Å²) in [6.45, 7) is 5.15. The molecule has 3 rings (SSSR count). The number of tetrazole rings is 1. The van der Waals surface area contributed by atoms with Gasteiger partial charge in [-0.2, -0.15) is 0 Å². The van der Waals surface area contributed by atoms with Crippen molar-refractivity contribution in [1.29, 1.82) is 0 Å². The molecule has 0 amide bonds. The summed E-state index contributed by atoms with van der Waals surface area (Å²) in [7, 11) is 0. The number of nitrogen functional groups attached to an aromatic ring is 1. The van der Waals surface area contributed by atoms with Crippen LogP contribution in [0.4, 0.5) is 5.69 Å². The van der Waals surface area contributed by atoms with E-state index in [9.17, 15) is 0 Å². The topological polar surface area (TPSA) is 69.6 Å². The first-order valence-electron chi connectivity index (χ1n) is 7.27. The van der Waals surface area contributed by atoms with Gasteiger partial charge in [0.1, 0.15) is 0 Å². The highest BCUT2D eigenvalue weighted by atomic mass is 15.5. The molecule has 1 aromatic carbocycles. The van der Waals surface area contributed by atoms with Crippen LogP contribution in [0.3, 0.4) is 0 Å². The third kappa shape index (κ3) is 2.07. The summed E-state index contributed by atoms with van der Waals surface area (Å²) >= 11 is 0. The Hall–Kier alpha value is -1.91. The highest BCUT2D eigenvalue weighted by Gasteiger charge is 2.36. The molecule has 1 heterocycles. The Morgan fingerprint density at radius 1 is 1.35 bits per heavy atom. The van der Waals surface area contributed by atoms with Crippen LogP contribution in [0.1, 0.15) is 38.2 Å². The highest BCUT2D eigenvalue weighted by molar-refractivity contribution is 5.73. The molecule has 2 aromatic rings. The quantitative estimate of drug-likeness (QED) is 0.868. The van der Waals surface area contributed by atoms with Crippen LogP contribution in [0.25, 0.3) is 11.4 Å². The molecule has 2 N–H and O–H groups in total. The summed E-state index contributed by atoms with van der Waals surface area (Å²) in [5.41, 5.74) is 9.31. The molecule has 1 saturated carbocycles. The number of nitrogens with two attached hydrogens (primary N) is 1. The van der Waals surface area contributed by atoms with Crippen molar-refractivity contribution in [3.05, 3.63) is 23.8 Å². The number of benzene rings is 1. The van der Waals surface area contributed by atoms with Gasteiger partial charge in [0.15, 0.2) is 5.82 Å². The lowest BCUT2D eigenvalue weighted by molar-refractivity contribution is 0.0948. The Bertz CT molecular complexity index is 607. The Kier molecular flexibility index (Phi) is 3.20. The molecule has 0 spiro atoms. The van der Waals surface area contributed by atoms with Crippen molar-refractivity contribution in [2.24, 2.45) is 5.41 Å². The maximum Gasteiger partial charge on any atom is 0.184 e. The van der Waals surface area contributed by atoms with Gasteiger partial charge in [-0.1, -0.05) is 25.5 Å². The first-order chi connectivity index (χ1) is 9.65. The average Bonchev–Trinajstić information content (AvgIpc) is 2.85. The zero-order valence-electron chi connectivity index (χ0n) is 12.1. The normalized spacial score (nSPS) is 16.9. The predicted octanol–water partition coefficient (Wildman–Crippen LogP) is 2.81. The molecule has 0 saturated heterocycles. The number of aryl methyl sites for hydroxylation is 1. The van der Waals surface area contributed by atoms with E-state index in [1.54, 1.807) is 0 Å². The molecule has 0 bridgehead atoms. The Morgan fingerprint density at radius 2 is 2.15 bits per heavy atom. The average molecular weight is 271 g/mol. The molecular formula is C15H21N5. The molecule has 1 aromatic heterocycles. The van der Waals surface area contributed by atoms with Gasteiger partial charge in [-0.05, 0) is 53.7 Å². The molecule has 0 aliphatic heterocycles. The second-order valence-corrected chi connectivity index (χ2v) is 5.90. The van der Waals surface area contributed by atoms with Crippen LogP contribution in [-0.4, -0.2) is 20.2 Å². The fraction of sp³-hybridized carbons (Fsp3) is 0.533. The van der Waals surface area contributed by atoms with E-state index in [0.29, 0.717) is 5.41 Å². The van der Waals surface area contributed by atoms with E-state index in [-0.39, 0.29) is 0 Å². The lowest BCUT2D eigenvalue weighted by atomic mass is 9.67. The number of para-hydroxylation sites is 1. The minimum absolute atomic E-state index is 0.378. The van der Waals surface area contributed by atoms with Crippen molar-refractivity contribution >= 4 is 5.69 Å². The van der Waals surface area contributed by atoms with Gasteiger partial charge in [0, 0.05) is 11.3 Å². The number of hydrogen-bond acceptors (Lipinski definition) is 4. The van der Waals surface area contributed by atoms with Crippen molar-refractivity contribution in [3.8, 4) is 11.4 Å². The third-order valence-electron chi connectivity index (χ3n) is 4.75. The lowest BCUT2D eigenvalue weighted by Gasteiger charge is -2.41. The van der Waals surface area contributed by atoms with E-state index in [4.69, 9.17) is 5.73 Å². The molecular weight excluding hydrogens is 250 g/mol. The van der Waals surface area contributed by atoms with Crippen LogP contribution >= 0.6 is 0 Å². The number of nitrogens with zero attached hydrogens (tertiary/aromatic N) is 4. The summed E-state index contributed by atoms with van der Waals surface area (Å²) in [6, 6.07) is 6.00. The van der Waals surface area contributed by atoms with Crippen molar-refractivity contribution in [1.82, 2.24) is 20.2 Å². The van der Waals surface area contributed by atoms with Gasteiger partial charge in [-0.3, -0.25) is 0 Å². The molecule has 106 valence electrons. The van der Waals surface area contributed by atoms with Gasteiger partial charge in [0.2, 0.25) is 0 Å². The van der Waals surface area contributed by atoms with Crippen molar-refractivity contribution in [3.63, 3.8) is 0 Å². The maximum atomic E-state index is 6.18. The van der Waals surface area contributed by atoms with Gasteiger partial charge in [0.25, 0.3) is 0 Å². The summed E-state index contributed by atoms with van der Waals surface area (Å²) < 4.78 is 1.92. The second kappa shape index (κ2) is 4.89. The SMILES string of the molecule is CCC1(Cn2nnnc2-c2cccc(C)c2N)CCC1. The van der Waals surface area contributed by atoms with Crippen LogP contribution in [0, 0.1) is 12.3 Å². The summed E-state index contributed by atoms with van der Waals surface area (Å²) in [4.78, 5) is 0. The summed E-state index contributed by atoms with van der Waals surface area (Å²) in [6.07, 6.45) is 5.03. The largest absolute Gasteiger partial charge is 0.398 e. The minimum Gasteiger partial charge on any atom is -0.398 e. The fourth-order valence-electron chi connectivity index (χ4n) is 3.00. The molecule has 0 atom stereocenters. The van der Waals surface area contributed by atoms with E-state index in [1.165, 1.54) is 25.7 Å².